The lowest BCUT2D eigenvalue weighted by Gasteiger charge is -2.25. The number of hydrogen-bond donors (Lipinski definition) is 2. The molecule has 2 rings (SSSR count). The van der Waals surface area contributed by atoms with Crippen molar-refractivity contribution in [1.29, 1.82) is 0 Å². The summed E-state index contributed by atoms with van der Waals surface area (Å²) in [6.45, 7) is 3.38. The van der Waals surface area contributed by atoms with Gasteiger partial charge < -0.3 is 10.4 Å². The van der Waals surface area contributed by atoms with Crippen molar-refractivity contribution in [3.05, 3.63) is 35.9 Å². The fraction of sp³-hybridized carbons (Fsp3) is 0.500. The molecule has 114 valence electrons. The SMILES string of the molecule is CC(CC(=O)O)NC(=O)C1CCCN1Cc1ccccc1. The number of nitrogens with one attached hydrogen (secondary N) is 1. The molecule has 5 heteroatoms. The number of benzene rings is 1. The molecule has 1 heterocycles. The lowest BCUT2D eigenvalue weighted by molar-refractivity contribution is -0.137. The van der Waals surface area contributed by atoms with Crippen molar-refractivity contribution in [2.24, 2.45) is 0 Å². The molecular weight excluding hydrogens is 268 g/mol. The minimum Gasteiger partial charge on any atom is -0.481 e. The van der Waals surface area contributed by atoms with Crippen LogP contribution < -0.4 is 5.32 Å². The predicted octanol–water partition coefficient (Wildman–Crippen LogP) is 1.63. The van der Waals surface area contributed by atoms with Crippen molar-refractivity contribution in [2.75, 3.05) is 6.54 Å². The van der Waals surface area contributed by atoms with Crippen LogP contribution >= 0.6 is 0 Å². The van der Waals surface area contributed by atoms with Crippen LogP contribution in [0.25, 0.3) is 0 Å². The molecule has 1 aliphatic heterocycles. The Morgan fingerprint density at radius 1 is 1.38 bits per heavy atom. The maximum atomic E-state index is 12.3. The Bertz CT molecular complexity index is 490. The van der Waals surface area contributed by atoms with Gasteiger partial charge in [-0.1, -0.05) is 30.3 Å². The van der Waals surface area contributed by atoms with Gasteiger partial charge in [0, 0.05) is 12.6 Å². The molecule has 1 aliphatic rings. The fourth-order valence-electron chi connectivity index (χ4n) is 2.78. The van der Waals surface area contributed by atoms with Crippen LogP contribution in [0.4, 0.5) is 0 Å². The highest BCUT2D eigenvalue weighted by Gasteiger charge is 2.31. The molecule has 1 saturated heterocycles. The Kier molecular flexibility index (Phi) is 5.33. The molecule has 1 aromatic rings. The van der Waals surface area contributed by atoms with Gasteiger partial charge in [0.15, 0.2) is 0 Å². The Morgan fingerprint density at radius 3 is 2.76 bits per heavy atom. The Balaban J connectivity index is 1.92. The summed E-state index contributed by atoms with van der Waals surface area (Å²) in [6, 6.07) is 9.59. The Labute approximate surface area is 125 Å². The van der Waals surface area contributed by atoms with Crippen LogP contribution in [-0.2, 0) is 16.1 Å². The number of hydrogen-bond acceptors (Lipinski definition) is 3. The minimum absolute atomic E-state index is 0.0445. The zero-order valence-electron chi connectivity index (χ0n) is 12.3. The molecule has 2 unspecified atom stereocenters. The van der Waals surface area contributed by atoms with Crippen LogP contribution in [0.5, 0.6) is 0 Å². The summed E-state index contributed by atoms with van der Waals surface area (Å²) < 4.78 is 0. The first-order chi connectivity index (χ1) is 10.1. The van der Waals surface area contributed by atoms with E-state index in [0.29, 0.717) is 0 Å². The molecular formula is C16H22N2O3. The van der Waals surface area contributed by atoms with Gasteiger partial charge in [-0.25, -0.2) is 0 Å². The molecule has 1 amide bonds. The fourth-order valence-corrected chi connectivity index (χ4v) is 2.78. The summed E-state index contributed by atoms with van der Waals surface area (Å²) in [5, 5.41) is 11.6. The zero-order chi connectivity index (χ0) is 15.2. The number of carbonyl (C=O) groups is 2. The van der Waals surface area contributed by atoms with Crippen molar-refractivity contribution < 1.29 is 14.7 Å². The normalized spacial score (nSPS) is 20.1. The van der Waals surface area contributed by atoms with Crippen molar-refractivity contribution in [2.45, 2.75) is 44.8 Å². The lowest BCUT2D eigenvalue weighted by atomic mass is 10.1. The standard InChI is InChI=1S/C16H22N2O3/c1-12(10-15(19)20)17-16(21)14-8-5-9-18(14)11-13-6-3-2-4-7-13/h2-4,6-7,12,14H,5,8-11H2,1H3,(H,17,21)(H,19,20). The summed E-state index contributed by atoms with van der Waals surface area (Å²) in [5.74, 6) is -0.951. The van der Waals surface area contributed by atoms with Gasteiger partial charge in [-0.15, -0.1) is 0 Å². The highest BCUT2D eigenvalue weighted by atomic mass is 16.4. The third-order valence-corrected chi connectivity index (χ3v) is 3.76. The first kappa shape index (κ1) is 15.5. The van der Waals surface area contributed by atoms with Gasteiger partial charge in [0.1, 0.15) is 0 Å². The summed E-state index contributed by atoms with van der Waals surface area (Å²) in [6.07, 6.45) is 1.79. The van der Waals surface area contributed by atoms with Crippen molar-refractivity contribution in [1.82, 2.24) is 10.2 Å². The molecule has 0 spiro atoms. The van der Waals surface area contributed by atoms with Crippen LogP contribution in [0, 0.1) is 0 Å². The number of nitrogens with zero attached hydrogens (tertiary/aromatic N) is 1. The summed E-state index contributed by atoms with van der Waals surface area (Å²) in [7, 11) is 0. The third kappa shape index (κ3) is 4.56. The number of rotatable bonds is 6. The van der Waals surface area contributed by atoms with E-state index < -0.39 is 5.97 Å². The maximum absolute atomic E-state index is 12.3. The van der Waals surface area contributed by atoms with E-state index in [-0.39, 0.29) is 24.4 Å². The van der Waals surface area contributed by atoms with E-state index in [1.54, 1.807) is 6.92 Å². The van der Waals surface area contributed by atoms with Crippen molar-refractivity contribution in [3.63, 3.8) is 0 Å². The average Bonchev–Trinajstić information content (AvgIpc) is 2.87. The molecule has 2 atom stereocenters. The number of amides is 1. The minimum atomic E-state index is -0.893. The van der Waals surface area contributed by atoms with Crippen molar-refractivity contribution in [3.8, 4) is 0 Å². The van der Waals surface area contributed by atoms with Crippen LogP contribution in [0.2, 0.25) is 0 Å². The van der Waals surface area contributed by atoms with E-state index in [0.717, 1.165) is 25.9 Å². The highest BCUT2D eigenvalue weighted by molar-refractivity contribution is 5.82. The van der Waals surface area contributed by atoms with Crippen LogP contribution in [-0.4, -0.2) is 40.5 Å². The second-order valence-corrected chi connectivity index (χ2v) is 5.62. The van der Waals surface area contributed by atoms with Gasteiger partial charge in [-0.05, 0) is 31.9 Å². The number of carboxylic acids is 1. The van der Waals surface area contributed by atoms with E-state index in [1.807, 2.05) is 18.2 Å². The second-order valence-electron chi connectivity index (χ2n) is 5.62. The maximum Gasteiger partial charge on any atom is 0.305 e. The first-order valence-corrected chi connectivity index (χ1v) is 7.36. The molecule has 0 aliphatic carbocycles. The van der Waals surface area contributed by atoms with Crippen LogP contribution in [0.3, 0.4) is 0 Å². The molecule has 5 nitrogen and oxygen atoms in total. The third-order valence-electron chi connectivity index (χ3n) is 3.76. The predicted molar refractivity (Wildman–Crippen MR) is 79.7 cm³/mol. The van der Waals surface area contributed by atoms with Gasteiger partial charge in [0.2, 0.25) is 5.91 Å². The van der Waals surface area contributed by atoms with Gasteiger partial charge in [-0.2, -0.15) is 0 Å². The Hall–Kier alpha value is -1.88. The molecule has 0 radical (unpaired) electrons. The van der Waals surface area contributed by atoms with Crippen LogP contribution in [0.15, 0.2) is 30.3 Å². The average molecular weight is 290 g/mol. The largest absolute Gasteiger partial charge is 0.481 e. The van der Waals surface area contributed by atoms with Gasteiger partial charge in [0.05, 0.1) is 12.5 Å². The molecule has 0 aromatic heterocycles. The first-order valence-electron chi connectivity index (χ1n) is 7.36. The summed E-state index contributed by atoms with van der Waals surface area (Å²) in [5.41, 5.74) is 1.19. The van der Waals surface area contributed by atoms with E-state index in [1.165, 1.54) is 5.56 Å². The highest BCUT2D eigenvalue weighted by Crippen LogP contribution is 2.20. The molecule has 0 saturated carbocycles. The van der Waals surface area contributed by atoms with Gasteiger partial charge in [0.25, 0.3) is 0 Å². The number of carboxylic acid groups (broad SMARTS) is 1. The molecule has 2 N–H and O–H groups in total. The van der Waals surface area contributed by atoms with E-state index in [9.17, 15) is 9.59 Å². The van der Waals surface area contributed by atoms with E-state index in [2.05, 4.69) is 22.3 Å². The number of aliphatic carboxylic acids is 1. The molecule has 1 aromatic carbocycles. The molecule has 0 bridgehead atoms. The zero-order valence-corrected chi connectivity index (χ0v) is 12.3. The quantitative estimate of drug-likeness (QED) is 0.835. The van der Waals surface area contributed by atoms with Crippen LogP contribution in [0.1, 0.15) is 31.7 Å². The van der Waals surface area contributed by atoms with E-state index in [4.69, 9.17) is 5.11 Å². The topological polar surface area (TPSA) is 69.6 Å². The monoisotopic (exact) mass is 290 g/mol. The number of carbonyl (C=O) groups excluding carboxylic acids is 1. The van der Waals surface area contributed by atoms with E-state index >= 15 is 0 Å². The summed E-state index contributed by atoms with van der Waals surface area (Å²) in [4.78, 5) is 25.1. The molecule has 21 heavy (non-hydrogen) atoms. The van der Waals surface area contributed by atoms with Gasteiger partial charge >= 0.3 is 5.97 Å². The lowest BCUT2D eigenvalue weighted by Crippen LogP contribution is -2.46. The second kappa shape index (κ2) is 7.22. The van der Waals surface area contributed by atoms with Gasteiger partial charge in [-0.3, -0.25) is 14.5 Å². The molecule has 1 fully saturated rings. The van der Waals surface area contributed by atoms with Crippen molar-refractivity contribution >= 4 is 11.9 Å². The summed E-state index contributed by atoms with van der Waals surface area (Å²) >= 11 is 0. The number of likely N-dealkylation sites (tertiary alicyclic amines) is 1. The smallest absolute Gasteiger partial charge is 0.305 e. The Morgan fingerprint density at radius 2 is 2.10 bits per heavy atom.